The lowest BCUT2D eigenvalue weighted by Gasteiger charge is -2.33. The van der Waals surface area contributed by atoms with Gasteiger partial charge in [-0.2, -0.15) is 5.10 Å². The van der Waals surface area contributed by atoms with E-state index >= 15 is 0 Å². The quantitative estimate of drug-likeness (QED) is 0.911. The van der Waals surface area contributed by atoms with Crippen molar-refractivity contribution in [1.29, 1.82) is 0 Å². The Bertz CT molecular complexity index is 642. The van der Waals surface area contributed by atoms with Crippen LogP contribution < -0.4 is 11.1 Å². The minimum Gasteiger partial charge on any atom is -0.348 e. The van der Waals surface area contributed by atoms with Gasteiger partial charge in [0.05, 0.1) is 17.3 Å². The van der Waals surface area contributed by atoms with Crippen LogP contribution >= 0.6 is 0 Å². The fourth-order valence-corrected chi connectivity index (χ4v) is 3.17. The highest BCUT2D eigenvalue weighted by Crippen LogP contribution is 2.27. The average molecular weight is 312 g/mol. The Kier molecular flexibility index (Phi) is 4.48. The highest BCUT2D eigenvalue weighted by atomic mass is 16.2. The molecule has 1 aliphatic carbocycles. The first-order valence-corrected chi connectivity index (χ1v) is 8.28. The normalized spacial score (nSPS) is 18.3. The van der Waals surface area contributed by atoms with Crippen molar-refractivity contribution in [3.63, 3.8) is 0 Å². The van der Waals surface area contributed by atoms with Gasteiger partial charge in [-0.05, 0) is 43.5 Å². The molecule has 1 aromatic carbocycles. The molecule has 1 unspecified atom stereocenters. The number of nitrogens with one attached hydrogen (secondary N) is 1. The smallest absolute Gasteiger partial charge is 0.240 e. The second kappa shape index (κ2) is 6.54. The van der Waals surface area contributed by atoms with Crippen molar-refractivity contribution in [2.75, 3.05) is 0 Å². The van der Waals surface area contributed by atoms with E-state index in [-0.39, 0.29) is 11.9 Å². The van der Waals surface area contributed by atoms with E-state index in [2.05, 4.69) is 10.4 Å². The zero-order valence-corrected chi connectivity index (χ0v) is 13.5. The maximum atomic E-state index is 12.5. The van der Waals surface area contributed by atoms with Crippen molar-refractivity contribution in [3.05, 3.63) is 48.3 Å². The number of benzene rings is 1. The third-order valence-electron chi connectivity index (χ3n) is 4.71. The number of nitrogens with zero attached hydrogens (tertiary/aromatic N) is 2. The zero-order chi connectivity index (χ0) is 16.3. The molecule has 3 N–H and O–H groups in total. The molecule has 2 aromatic rings. The first kappa shape index (κ1) is 15.7. The van der Waals surface area contributed by atoms with Gasteiger partial charge in [-0.25, -0.2) is 4.68 Å². The molecule has 0 saturated heterocycles. The lowest BCUT2D eigenvalue weighted by Crippen LogP contribution is -2.55. The third kappa shape index (κ3) is 3.45. The van der Waals surface area contributed by atoms with Gasteiger partial charge in [0.2, 0.25) is 5.91 Å². The van der Waals surface area contributed by atoms with Gasteiger partial charge in [-0.3, -0.25) is 4.79 Å². The minimum atomic E-state index is -0.693. The summed E-state index contributed by atoms with van der Waals surface area (Å²) >= 11 is 0. The number of nitrogens with two attached hydrogens (primary N) is 1. The van der Waals surface area contributed by atoms with Gasteiger partial charge in [0.1, 0.15) is 0 Å². The summed E-state index contributed by atoms with van der Waals surface area (Å²) < 4.78 is 1.81. The summed E-state index contributed by atoms with van der Waals surface area (Å²) in [4.78, 5) is 12.5. The molecule has 1 saturated carbocycles. The Morgan fingerprint density at radius 3 is 2.57 bits per heavy atom. The van der Waals surface area contributed by atoms with Crippen molar-refractivity contribution < 1.29 is 4.79 Å². The largest absolute Gasteiger partial charge is 0.348 e. The standard InChI is InChI=1S/C18H24N4O/c1-14(21-17(23)18(19)10-3-2-4-11-18)15-6-8-16(9-7-15)22-13-5-12-20-22/h5-9,12-14H,2-4,10-11,19H2,1H3,(H,21,23). The minimum absolute atomic E-state index is 0.0270. The molecule has 1 amide bonds. The number of aromatic nitrogens is 2. The summed E-state index contributed by atoms with van der Waals surface area (Å²) in [6.07, 6.45) is 8.47. The molecule has 0 bridgehead atoms. The molecular weight excluding hydrogens is 288 g/mol. The summed E-state index contributed by atoms with van der Waals surface area (Å²) in [5, 5.41) is 7.28. The lowest BCUT2D eigenvalue weighted by molar-refractivity contribution is -0.128. The number of hydrogen-bond donors (Lipinski definition) is 2. The summed E-state index contributed by atoms with van der Waals surface area (Å²) in [5.41, 5.74) is 7.66. The first-order chi connectivity index (χ1) is 11.1. The van der Waals surface area contributed by atoms with E-state index in [0.717, 1.165) is 36.9 Å². The average Bonchev–Trinajstić information content (AvgIpc) is 3.10. The van der Waals surface area contributed by atoms with Crippen LogP contribution in [0.4, 0.5) is 0 Å². The highest BCUT2D eigenvalue weighted by molar-refractivity contribution is 5.86. The second-order valence-electron chi connectivity index (χ2n) is 6.45. The topological polar surface area (TPSA) is 72.9 Å². The molecule has 1 atom stereocenters. The van der Waals surface area contributed by atoms with Gasteiger partial charge in [0.25, 0.3) is 0 Å². The van der Waals surface area contributed by atoms with E-state index in [1.54, 1.807) is 6.20 Å². The molecule has 0 spiro atoms. The lowest BCUT2D eigenvalue weighted by atomic mass is 9.81. The van der Waals surface area contributed by atoms with Gasteiger partial charge in [-0.15, -0.1) is 0 Å². The Morgan fingerprint density at radius 2 is 1.96 bits per heavy atom. The molecule has 0 radical (unpaired) electrons. The predicted octanol–water partition coefficient (Wildman–Crippen LogP) is 2.71. The van der Waals surface area contributed by atoms with Crippen molar-refractivity contribution in [2.24, 2.45) is 5.73 Å². The highest BCUT2D eigenvalue weighted by Gasteiger charge is 2.35. The van der Waals surface area contributed by atoms with Gasteiger partial charge in [-0.1, -0.05) is 31.4 Å². The van der Waals surface area contributed by atoms with Crippen LogP contribution in [0.5, 0.6) is 0 Å². The Morgan fingerprint density at radius 1 is 1.26 bits per heavy atom. The zero-order valence-electron chi connectivity index (χ0n) is 13.5. The van der Waals surface area contributed by atoms with E-state index < -0.39 is 5.54 Å². The van der Waals surface area contributed by atoms with Crippen LogP contribution in [0.2, 0.25) is 0 Å². The molecule has 3 rings (SSSR count). The van der Waals surface area contributed by atoms with Gasteiger partial charge in [0, 0.05) is 12.4 Å². The number of hydrogen-bond acceptors (Lipinski definition) is 3. The fourth-order valence-electron chi connectivity index (χ4n) is 3.17. The van der Waals surface area contributed by atoms with Crippen molar-refractivity contribution in [2.45, 2.75) is 50.6 Å². The van der Waals surface area contributed by atoms with Gasteiger partial charge < -0.3 is 11.1 Å². The molecule has 1 fully saturated rings. The summed E-state index contributed by atoms with van der Waals surface area (Å²) in [6.45, 7) is 1.99. The molecule has 1 aliphatic rings. The number of rotatable bonds is 4. The van der Waals surface area contributed by atoms with Crippen LogP contribution in [-0.2, 0) is 4.79 Å². The molecule has 1 heterocycles. The van der Waals surface area contributed by atoms with E-state index in [9.17, 15) is 4.79 Å². The number of amides is 1. The second-order valence-corrected chi connectivity index (χ2v) is 6.45. The summed E-state index contributed by atoms with van der Waals surface area (Å²) in [5.74, 6) is -0.0270. The SMILES string of the molecule is CC(NC(=O)C1(N)CCCCC1)c1ccc(-n2cccn2)cc1. The van der Waals surface area contributed by atoms with Crippen LogP contribution in [0.25, 0.3) is 5.69 Å². The number of carbonyl (C=O) groups excluding carboxylic acids is 1. The molecule has 23 heavy (non-hydrogen) atoms. The Hall–Kier alpha value is -2.14. The van der Waals surface area contributed by atoms with Crippen molar-refractivity contribution in [1.82, 2.24) is 15.1 Å². The van der Waals surface area contributed by atoms with Crippen LogP contribution in [0.15, 0.2) is 42.7 Å². The molecule has 0 aliphatic heterocycles. The van der Waals surface area contributed by atoms with Gasteiger partial charge >= 0.3 is 0 Å². The molecule has 5 heteroatoms. The fraction of sp³-hybridized carbons (Fsp3) is 0.444. The first-order valence-electron chi connectivity index (χ1n) is 8.28. The maximum Gasteiger partial charge on any atom is 0.240 e. The number of carbonyl (C=O) groups is 1. The maximum absolute atomic E-state index is 12.5. The Balaban J connectivity index is 1.66. The Labute approximate surface area is 136 Å². The van der Waals surface area contributed by atoms with E-state index in [0.29, 0.717) is 0 Å². The van der Waals surface area contributed by atoms with E-state index in [4.69, 9.17) is 5.73 Å². The van der Waals surface area contributed by atoms with Crippen LogP contribution in [0.3, 0.4) is 0 Å². The third-order valence-corrected chi connectivity index (χ3v) is 4.71. The molecule has 1 aromatic heterocycles. The van der Waals surface area contributed by atoms with Gasteiger partial charge in [0.15, 0.2) is 0 Å². The van der Waals surface area contributed by atoms with Crippen molar-refractivity contribution >= 4 is 5.91 Å². The van der Waals surface area contributed by atoms with Crippen LogP contribution in [-0.4, -0.2) is 21.2 Å². The molecule has 5 nitrogen and oxygen atoms in total. The van der Waals surface area contributed by atoms with E-state index in [1.807, 2.05) is 48.1 Å². The van der Waals surface area contributed by atoms with E-state index in [1.165, 1.54) is 6.42 Å². The summed E-state index contributed by atoms with van der Waals surface area (Å²) in [7, 11) is 0. The summed E-state index contributed by atoms with van der Waals surface area (Å²) in [6, 6.07) is 9.88. The monoisotopic (exact) mass is 312 g/mol. The van der Waals surface area contributed by atoms with Crippen molar-refractivity contribution in [3.8, 4) is 5.69 Å². The molecule has 122 valence electrons. The van der Waals surface area contributed by atoms with Crippen LogP contribution in [0, 0.1) is 0 Å². The predicted molar refractivity (Wildman–Crippen MR) is 90.1 cm³/mol. The molecular formula is C18H24N4O. The van der Waals surface area contributed by atoms with Crippen LogP contribution in [0.1, 0.15) is 50.6 Å².